The maximum Gasteiger partial charge on any atom is 0.246 e. The summed E-state index contributed by atoms with van der Waals surface area (Å²) in [6, 6.07) is 6.97. The number of nitrogens with zero attached hydrogens (tertiary/aromatic N) is 7. The summed E-state index contributed by atoms with van der Waals surface area (Å²) < 4.78 is 28.0. The zero-order valence-corrected chi connectivity index (χ0v) is 27.6. The van der Waals surface area contributed by atoms with Crippen molar-refractivity contribution in [2.75, 3.05) is 63.6 Å². The second-order valence-electron chi connectivity index (χ2n) is 12.2. The van der Waals surface area contributed by atoms with Crippen molar-refractivity contribution in [2.24, 2.45) is 11.0 Å². The van der Waals surface area contributed by atoms with Crippen molar-refractivity contribution in [3.63, 3.8) is 0 Å². The van der Waals surface area contributed by atoms with Crippen LogP contribution in [0, 0.1) is 31.0 Å². The van der Waals surface area contributed by atoms with Crippen molar-refractivity contribution in [3.05, 3.63) is 78.2 Å². The standard InChI is InChI=1S/C36H39FN8O3/c1-6-24(2)20-40-44-14-11-27(12-15-44)48-32-19-28(37)30(18-25(32)3)41-36-34-29(38-23-39-36)9-10-31-35(34)47-22-26-21-43(16-17-45(26)31)33(46)8-7-13-42(4)5/h1,7-12,14,18-20,23-24,26H,13,15-17,21-22H2,2-5H3,(H,38,39,41)/b8-7+,40-20-. The van der Waals surface area contributed by atoms with E-state index in [2.05, 4.69) is 31.2 Å². The topological polar surface area (TPSA) is 98.7 Å². The predicted molar refractivity (Wildman–Crippen MR) is 186 cm³/mol. The highest BCUT2D eigenvalue weighted by atomic mass is 19.1. The van der Waals surface area contributed by atoms with E-state index < -0.39 is 5.82 Å². The number of likely N-dealkylation sites (N-methyl/N-ethyl adjacent to an activating group) is 1. The zero-order chi connectivity index (χ0) is 33.8. The fourth-order valence-electron chi connectivity index (χ4n) is 5.73. The molecule has 0 radical (unpaired) electrons. The van der Waals surface area contributed by atoms with Gasteiger partial charge in [0.05, 0.1) is 40.8 Å². The van der Waals surface area contributed by atoms with Crippen molar-refractivity contribution in [3.8, 4) is 23.8 Å². The molecule has 6 rings (SSSR count). The average molecular weight is 651 g/mol. The van der Waals surface area contributed by atoms with Crippen molar-refractivity contribution < 1.29 is 18.7 Å². The number of ether oxygens (including phenoxy) is 2. The number of hydrazone groups is 1. The Hall–Kier alpha value is -5.41. The maximum atomic E-state index is 15.6. The van der Waals surface area contributed by atoms with E-state index in [-0.39, 0.29) is 23.6 Å². The van der Waals surface area contributed by atoms with Gasteiger partial charge >= 0.3 is 0 Å². The van der Waals surface area contributed by atoms with E-state index in [0.29, 0.717) is 73.3 Å². The average Bonchev–Trinajstić information content (AvgIpc) is 3.09. The lowest BCUT2D eigenvalue weighted by Gasteiger charge is -2.45. The molecule has 3 aliphatic heterocycles. The van der Waals surface area contributed by atoms with Gasteiger partial charge in [-0.05, 0) is 63.9 Å². The lowest BCUT2D eigenvalue weighted by atomic mass is 10.1. The summed E-state index contributed by atoms with van der Waals surface area (Å²) in [6.45, 7) is 7.16. The molecule has 0 bridgehead atoms. The Balaban J connectivity index is 1.18. The number of carbonyl (C=O) groups excluding carboxylic acids is 1. The number of halogens is 1. The third-order valence-corrected chi connectivity index (χ3v) is 8.33. The van der Waals surface area contributed by atoms with Gasteiger partial charge in [0.15, 0.2) is 5.75 Å². The monoisotopic (exact) mass is 650 g/mol. The number of hydrogen-bond acceptors (Lipinski definition) is 10. The van der Waals surface area contributed by atoms with Gasteiger partial charge in [0, 0.05) is 50.7 Å². The molecule has 3 aliphatic rings. The molecule has 1 N–H and O–H groups in total. The second kappa shape index (κ2) is 14.1. The maximum absolute atomic E-state index is 15.6. The molecular weight excluding hydrogens is 611 g/mol. The van der Waals surface area contributed by atoms with Crippen molar-refractivity contribution in [1.29, 1.82) is 0 Å². The molecule has 0 saturated carbocycles. The molecule has 2 atom stereocenters. The number of anilines is 3. The largest absolute Gasteiger partial charge is 0.488 e. The number of aromatic nitrogens is 2. The fraction of sp³-hybridized carbons (Fsp3) is 0.333. The Morgan fingerprint density at radius 1 is 1.31 bits per heavy atom. The number of hydrogen-bond donors (Lipinski definition) is 1. The van der Waals surface area contributed by atoms with E-state index in [9.17, 15) is 4.79 Å². The second-order valence-corrected chi connectivity index (χ2v) is 12.2. The van der Waals surface area contributed by atoms with Crippen molar-refractivity contribution >= 4 is 40.2 Å². The van der Waals surface area contributed by atoms with Crippen LogP contribution in [0.5, 0.6) is 11.5 Å². The zero-order valence-electron chi connectivity index (χ0n) is 27.6. The summed E-state index contributed by atoms with van der Waals surface area (Å²) in [5, 5.41) is 9.93. The van der Waals surface area contributed by atoms with E-state index in [1.54, 1.807) is 35.6 Å². The van der Waals surface area contributed by atoms with Gasteiger partial charge in [-0.1, -0.05) is 12.0 Å². The molecule has 12 heteroatoms. The molecule has 11 nitrogen and oxygen atoms in total. The van der Waals surface area contributed by atoms with Crippen LogP contribution in [0.1, 0.15) is 12.5 Å². The highest BCUT2D eigenvalue weighted by Crippen LogP contribution is 2.43. The predicted octanol–water partition coefficient (Wildman–Crippen LogP) is 4.70. The molecule has 0 spiro atoms. The molecular formula is C36H39FN8O3. The van der Waals surface area contributed by atoms with Crippen LogP contribution in [0.25, 0.3) is 10.9 Å². The normalized spacial score (nSPS) is 18.1. The highest BCUT2D eigenvalue weighted by molar-refractivity contribution is 6.00. The Morgan fingerprint density at radius 3 is 2.94 bits per heavy atom. The number of fused-ring (bicyclic) bond motifs is 5. The summed E-state index contributed by atoms with van der Waals surface area (Å²) in [5.41, 5.74) is 2.55. The van der Waals surface area contributed by atoms with E-state index in [1.165, 1.54) is 12.4 Å². The minimum atomic E-state index is -0.497. The van der Waals surface area contributed by atoms with Crippen molar-refractivity contribution in [2.45, 2.75) is 19.9 Å². The molecule has 1 amide bonds. The SMILES string of the molecule is C#CC(C)/C=N\N1C=CC(Oc2cc(F)c(Nc3ncnc4ccc5c(c34)OCC3CN(C(=O)/C=C/CN(C)C)CCN53)cc2C)=CC1. The fourth-order valence-corrected chi connectivity index (χ4v) is 5.73. The lowest BCUT2D eigenvalue weighted by Crippen LogP contribution is -2.58. The van der Waals surface area contributed by atoms with E-state index in [0.717, 1.165) is 11.3 Å². The van der Waals surface area contributed by atoms with Gasteiger partial charge in [-0.25, -0.2) is 14.4 Å². The van der Waals surface area contributed by atoms with Crippen LogP contribution >= 0.6 is 0 Å². The molecule has 4 heterocycles. The Morgan fingerprint density at radius 2 is 2.17 bits per heavy atom. The number of allylic oxidation sites excluding steroid dienone is 1. The van der Waals surface area contributed by atoms with Crippen LogP contribution in [0.2, 0.25) is 0 Å². The molecule has 2 unspecified atom stereocenters. The van der Waals surface area contributed by atoms with E-state index >= 15 is 4.39 Å². The first-order chi connectivity index (χ1) is 23.2. The van der Waals surface area contributed by atoms with Crippen LogP contribution in [0.4, 0.5) is 21.6 Å². The Labute approximate surface area is 280 Å². The Bertz CT molecular complexity index is 1860. The third kappa shape index (κ3) is 7.11. The number of rotatable bonds is 9. The van der Waals surface area contributed by atoms with Gasteiger partial charge in [0.1, 0.15) is 36.1 Å². The minimum Gasteiger partial charge on any atom is -0.488 e. The first-order valence-electron chi connectivity index (χ1n) is 15.9. The van der Waals surface area contributed by atoms with Gasteiger partial charge < -0.3 is 29.5 Å². The number of benzene rings is 2. The van der Waals surface area contributed by atoms with Crippen LogP contribution in [-0.2, 0) is 4.79 Å². The highest BCUT2D eigenvalue weighted by Gasteiger charge is 2.35. The molecule has 0 aliphatic carbocycles. The van der Waals surface area contributed by atoms with Crippen LogP contribution < -0.4 is 19.7 Å². The number of amides is 1. The number of carbonyl (C=O) groups is 1. The third-order valence-electron chi connectivity index (χ3n) is 8.33. The summed E-state index contributed by atoms with van der Waals surface area (Å²) in [5.74, 6) is 4.11. The quantitative estimate of drug-likeness (QED) is 0.201. The molecule has 1 saturated heterocycles. The number of nitrogens with one attached hydrogen (secondary N) is 1. The van der Waals surface area contributed by atoms with Gasteiger partial charge in [-0.15, -0.1) is 6.42 Å². The molecule has 48 heavy (non-hydrogen) atoms. The van der Waals surface area contributed by atoms with Gasteiger partial charge in [0.25, 0.3) is 0 Å². The van der Waals surface area contributed by atoms with Gasteiger partial charge in [-0.3, -0.25) is 9.80 Å². The van der Waals surface area contributed by atoms with Gasteiger partial charge in [0.2, 0.25) is 5.91 Å². The van der Waals surface area contributed by atoms with Gasteiger partial charge in [-0.2, -0.15) is 5.10 Å². The Kier molecular flexibility index (Phi) is 9.59. The summed E-state index contributed by atoms with van der Waals surface area (Å²) >= 11 is 0. The summed E-state index contributed by atoms with van der Waals surface area (Å²) in [7, 11) is 3.93. The first-order valence-corrected chi connectivity index (χ1v) is 15.9. The molecule has 1 fully saturated rings. The van der Waals surface area contributed by atoms with Crippen LogP contribution in [0.15, 0.2) is 72.0 Å². The van der Waals surface area contributed by atoms with Crippen LogP contribution in [0.3, 0.4) is 0 Å². The van der Waals surface area contributed by atoms with Crippen molar-refractivity contribution in [1.82, 2.24) is 24.8 Å². The van der Waals surface area contributed by atoms with E-state index in [1.807, 2.05) is 62.0 Å². The smallest absolute Gasteiger partial charge is 0.246 e. The molecule has 1 aromatic heterocycles. The first kappa shape index (κ1) is 32.5. The van der Waals surface area contributed by atoms with Crippen LogP contribution in [-0.4, -0.2) is 96.4 Å². The van der Waals surface area contributed by atoms with E-state index in [4.69, 9.17) is 15.9 Å². The molecule has 2 aromatic carbocycles. The number of aryl methyl sites for hydroxylation is 1. The number of piperazine rings is 1. The molecule has 248 valence electrons. The molecule has 3 aromatic rings. The summed E-state index contributed by atoms with van der Waals surface area (Å²) in [6.07, 6.45) is 17.5. The minimum absolute atomic E-state index is 0.00411. The number of terminal acetylenes is 1. The lowest BCUT2D eigenvalue weighted by molar-refractivity contribution is -0.127. The summed E-state index contributed by atoms with van der Waals surface area (Å²) in [4.78, 5) is 27.9.